The molecule has 0 aromatic rings. The minimum Gasteiger partial charge on any atom is -0.255 e. The first kappa shape index (κ1) is 4.56. The van der Waals surface area contributed by atoms with E-state index in [0.29, 0.717) is 0 Å². The van der Waals surface area contributed by atoms with E-state index in [2.05, 4.69) is 4.94 Å². The minimum atomic E-state index is -0.708. The first-order chi connectivity index (χ1) is 3.34. The summed E-state index contributed by atoms with van der Waals surface area (Å²) in [6.45, 7) is 0. The van der Waals surface area contributed by atoms with Crippen LogP contribution in [0.25, 0.3) is 0 Å². The lowest BCUT2D eigenvalue weighted by atomic mass is 10.5. The molecule has 0 aromatic heterocycles. The van der Waals surface area contributed by atoms with Crippen LogP contribution in [0.15, 0.2) is 0 Å². The van der Waals surface area contributed by atoms with Gasteiger partial charge in [-0.15, -0.1) is 0 Å². The Bertz CT molecular complexity index is 87.7. The maximum absolute atomic E-state index is 10.8. The number of rotatable bonds is 1. The highest BCUT2D eigenvalue weighted by Crippen LogP contribution is 2.29. The Labute approximate surface area is 40.2 Å². The van der Waals surface area contributed by atoms with E-state index in [9.17, 15) is 9.32 Å². The minimum absolute atomic E-state index is 0.120. The third-order valence-corrected chi connectivity index (χ3v) is 0.987. The molecule has 0 bridgehead atoms. The summed E-state index contributed by atoms with van der Waals surface area (Å²) in [6.07, 6.45) is 1.59. The monoisotopic (exact) mass is 104 g/mol. The van der Waals surface area contributed by atoms with Crippen molar-refractivity contribution >= 4 is 5.97 Å². The summed E-state index contributed by atoms with van der Waals surface area (Å²) in [7, 11) is 0. The smallest absolute Gasteiger partial charge is 0.255 e. The van der Waals surface area contributed by atoms with E-state index in [-0.39, 0.29) is 5.92 Å². The van der Waals surface area contributed by atoms with Crippen molar-refractivity contribution in [3.8, 4) is 0 Å². The quantitative estimate of drug-likeness (QED) is 0.492. The molecule has 7 heavy (non-hydrogen) atoms. The molecule has 0 heterocycles. The van der Waals surface area contributed by atoms with Crippen LogP contribution in [0.4, 0.5) is 4.53 Å². The third-order valence-electron chi connectivity index (χ3n) is 0.987. The summed E-state index contributed by atoms with van der Waals surface area (Å²) < 4.78 is 10.8. The predicted molar refractivity (Wildman–Crippen MR) is 19.9 cm³/mol. The third kappa shape index (κ3) is 0.885. The van der Waals surface area contributed by atoms with Crippen LogP contribution < -0.4 is 0 Å². The van der Waals surface area contributed by atoms with E-state index in [1.54, 1.807) is 0 Å². The van der Waals surface area contributed by atoms with Crippen LogP contribution in [-0.2, 0) is 9.74 Å². The van der Waals surface area contributed by atoms with Gasteiger partial charge >= 0.3 is 5.97 Å². The van der Waals surface area contributed by atoms with Gasteiger partial charge in [0.15, 0.2) is 0 Å². The van der Waals surface area contributed by atoms with Crippen molar-refractivity contribution in [2.24, 2.45) is 5.92 Å². The fourth-order valence-corrected chi connectivity index (χ4v) is 0.382. The van der Waals surface area contributed by atoms with E-state index in [1.165, 1.54) is 0 Å². The normalized spacial score (nSPS) is 19.0. The largest absolute Gasteiger partial charge is 0.351 e. The van der Waals surface area contributed by atoms with Gasteiger partial charge in [0.2, 0.25) is 0 Å². The lowest BCUT2D eigenvalue weighted by Gasteiger charge is -1.82. The Hall–Kier alpha value is -0.600. The van der Waals surface area contributed by atoms with Crippen molar-refractivity contribution in [2.45, 2.75) is 12.8 Å². The highest BCUT2D eigenvalue weighted by molar-refractivity contribution is 5.74. The SMILES string of the molecule is O=C(OF)C1CC1. The van der Waals surface area contributed by atoms with Gasteiger partial charge in [0, 0.05) is 4.53 Å². The van der Waals surface area contributed by atoms with Crippen LogP contribution in [0.5, 0.6) is 0 Å². The molecule has 2 nitrogen and oxygen atoms in total. The summed E-state index contributed by atoms with van der Waals surface area (Å²) in [5.74, 6) is -0.829. The molecule has 0 unspecified atom stereocenters. The van der Waals surface area contributed by atoms with E-state index in [1.807, 2.05) is 0 Å². The van der Waals surface area contributed by atoms with Crippen molar-refractivity contribution < 1.29 is 14.3 Å². The van der Waals surface area contributed by atoms with Crippen LogP contribution in [0.2, 0.25) is 0 Å². The van der Waals surface area contributed by atoms with E-state index in [0.717, 1.165) is 12.8 Å². The van der Waals surface area contributed by atoms with Crippen molar-refractivity contribution in [3.63, 3.8) is 0 Å². The summed E-state index contributed by atoms with van der Waals surface area (Å²) in [5.41, 5.74) is 0. The molecule has 0 spiro atoms. The molecule has 1 rings (SSSR count). The average Bonchev–Trinajstić information content (AvgIpc) is 2.44. The molecule has 40 valence electrons. The van der Waals surface area contributed by atoms with E-state index in [4.69, 9.17) is 0 Å². The maximum atomic E-state index is 10.8. The topological polar surface area (TPSA) is 26.3 Å². The molecule has 1 fully saturated rings. The van der Waals surface area contributed by atoms with Gasteiger partial charge in [-0.25, -0.2) is 4.79 Å². The summed E-state index contributed by atoms with van der Waals surface area (Å²) >= 11 is 0. The molecule has 0 amide bonds. The highest BCUT2D eigenvalue weighted by Gasteiger charge is 2.31. The zero-order valence-corrected chi connectivity index (χ0v) is 3.69. The molecule has 1 aliphatic carbocycles. The maximum Gasteiger partial charge on any atom is 0.351 e. The molecule has 1 saturated carbocycles. The Morgan fingerprint density at radius 3 is 2.43 bits per heavy atom. The Morgan fingerprint density at radius 1 is 1.71 bits per heavy atom. The van der Waals surface area contributed by atoms with Crippen molar-refractivity contribution in [3.05, 3.63) is 0 Å². The zero-order chi connectivity index (χ0) is 5.28. The van der Waals surface area contributed by atoms with Crippen LogP contribution >= 0.6 is 0 Å². The lowest BCUT2D eigenvalue weighted by molar-refractivity contribution is -0.185. The molecule has 0 aliphatic heterocycles. The Kier molecular flexibility index (Phi) is 0.964. The first-order valence-electron chi connectivity index (χ1n) is 2.17. The summed E-state index contributed by atoms with van der Waals surface area (Å²) in [5, 5.41) is 0. The van der Waals surface area contributed by atoms with E-state index < -0.39 is 5.97 Å². The number of hydrogen-bond acceptors (Lipinski definition) is 2. The van der Waals surface area contributed by atoms with Crippen LogP contribution in [0.3, 0.4) is 0 Å². The van der Waals surface area contributed by atoms with Gasteiger partial charge in [-0.05, 0) is 12.8 Å². The summed E-state index contributed by atoms with van der Waals surface area (Å²) in [6, 6.07) is 0. The van der Waals surface area contributed by atoms with Crippen LogP contribution in [-0.4, -0.2) is 5.97 Å². The molecule has 0 atom stereocenters. The zero-order valence-electron chi connectivity index (χ0n) is 3.69. The van der Waals surface area contributed by atoms with Crippen molar-refractivity contribution in [1.82, 2.24) is 0 Å². The second kappa shape index (κ2) is 1.48. The molecule has 0 radical (unpaired) electrons. The van der Waals surface area contributed by atoms with Crippen LogP contribution in [0, 0.1) is 5.92 Å². The molecule has 0 saturated heterocycles. The second-order valence-electron chi connectivity index (χ2n) is 1.67. The molecule has 0 aromatic carbocycles. The molecule has 3 heteroatoms. The molecule has 0 N–H and O–H groups in total. The van der Waals surface area contributed by atoms with E-state index >= 15 is 0 Å². The van der Waals surface area contributed by atoms with Gasteiger partial charge in [-0.2, -0.15) is 0 Å². The Morgan fingerprint density at radius 2 is 2.29 bits per heavy atom. The van der Waals surface area contributed by atoms with Crippen molar-refractivity contribution in [2.75, 3.05) is 0 Å². The average molecular weight is 104 g/mol. The lowest BCUT2D eigenvalue weighted by Crippen LogP contribution is -1.97. The Balaban J connectivity index is 2.24. The van der Waals surface area contributed by atoms with Gasteiger partial charge in [0.05, 0.1) is 5.92 Å². The summed E-state index contributed by atoms with van der Waals surface area (Å²) in [4.78, 5) is 12.9. The highest BCUT2D eigenvalue weighted by atomic mass is 19.3. The number of carbonyl (C=O) groups excluding carboxylic acids is 1. The van der Waals surface area contributed by atoms with Gasteiger partial charge in [-0.3, -0.25) is 4.94 Å². The van der Waals surface area contributed by atoms with Crippen molar-refractivity contribution in [1.29, 1.82) is 0 Å². The van der Waals surface area contributed by atoms with Crippen LogP contribution in [0.1, 0.15) is 12.8 Å². The molecular weight excluding hydrogens is 99.0 g/mol. The number of halogens is 1. The first-order valence-corrected chi connectivity index (χ1v) is 2.17. The standard InChI is InChI=1S/C4H5FO2/c5-7-4(6)3-1-2-3/h3H,1-2H2. The predicted octanol–water partition coefficient (Wildman–Crippen LogP) is 0.824. The van der Waals surface area contributed by atoms with Gasteiger partial charge in [0.1, 0.15) is 0 Å². The molecule has 1 aliphatic rings. The number of carbonyl (C=O) groups is 1. The fraction of sp³-hybridized carbons (Fsp3) is 0.750. The fourth-order valence-electron chi connectivity index (χ4n) is 0.382. The van der Waals surface area contributed by atoms with Gasteiger partial charge in [0.25, 0.3) is 0 Å². The van der Waals surface area contributed by atoms with Gasteiger partial charge < -0.3 is 0 Å². The number of hydrogen-bond donors (Lipinski definition) is 0. The van der Waals surface area contributed by atoms with Gasteiger partial charge in [-0.1, -0.05) is 0 Å². The molecular formula is C4H5FO2. The second-order valence-corrected chi connectivity index (χ2v) is 1.67.